The highest BCUT2D eigenvalue weighted by Crippen LogP contribution is 2.03. The number of hydrogen-bond acceptors (Lipinski definition) is 5. The van der Waals surface area contributed by atoms with E-state index in [2.05, 4.69) is 30.7 Å². The third-order valence-corrected chi connectivity index (χ3v) is 2.09. The van der Waals surface area contributed by atoms with Crippen LogP contribution in [-0.2, 0) is 6.54 Å². The third kappa shape index (κ3) is 2.28. The molecule has 2 heterocycles. The average molecular weight is 204 g/mol. The topological polar surface area (TPSA) is 79.4 Å². The summed E-state index contributed by atoms with van der Waals surface area (Å²) in [5, 5.41) is 17.7. The van der Waals surface area contributed by atoms with E-state index in [1.54, 1.807) is 6.20 Å². The smallest absolute Gasteiger partial charge is 0.243 e. The fourth-order valence-electron chi connectivity index (χ4n) is 1.09. The first kappa shape index (κ1) is 9.57. The van der Waals surface area contributed by atoms with Crippen molar-refractivity contribution in [1.29, 1.82) is 0 Å². The van der Waals surface area contributed by atoms with Crippen LogP contribution < -0.4 is 5.32 Å². The number of H-pyrrole nitrogens is 1. The monoisotopic (exact) mass is 204 g/mol. The van der Waals surface area contributed by atoms with Gasteiger partial charge in [-0.05, 0) is 19.9 Å². The summed E-state index contributed by atoms with van der Waals surface area (Å²) in [7, 11) is 0. The largest absolute Gasteiger partial charge is 0.347 e. The second kappa shape index (κ2) is 4.04. The summed E-state index contributed by atoms with van der Waals surface area (Å²) in [5.41, 5.74) is 2.72. The van der Waals surface area contributed by atoms with Crippen LogP contribution in [0.4, 0.5) is 5.95 Å². The Labute approximate surface area is 87.2 Å². The third-order valence-electron chi connectivity index (χ3n) is 2.09. The molecule has 0 unspecified atom stereocenters. The quantitative estimate of drug-likeness (QED) is 0.773. The number of rotatable bonds is 3. The highest BCUT2D eigenvalue weighted by molar-refractivity contribution is 5.25. The maximum atomic E-state index is 4.25. The molecule has 2 aromatic heterocycles. The molecule has 15 heavy (non-hydrogen) atoms. The van der Waals surface area contributed by atoms with E-state index in [1.807, 2.05) is 19.9 Å². The van der Waals surface area contributed by atoms with Gasteiger partial charge in [0.1, 0.15) is 0 Å². The van der Waals surface area contributed by atoms with E-state index in [-0.39, 0.29) is 0 Å². The summed E-state index contributed by atoms with van der Waals surface area (Å²) in [6.45, 7) is 4.41. The first-order valence-electron chi connectivity index (χ1n) is 4.66. The molecule has 0 amide bonds. The van der Waals surface area contributed by atoms with E-state index in [0.717, 1.165) is 17.1 Å². The number of aromatic amines is 1. The van der Waals surface area contributed by atoms with Crippen molar-refractivity contribution in [1.82, 2.24) is 25.4 Å². The fraction of sp³-hybridized carbons (Fsp3) is 0.333. The Hall–Kier alpha value is -1.98. The van der Waals surface area contributed by atoms with Gasteiger partial charge in [0.05, 0.1) is 23.6 Å². The second-order valence-electron chi connectivity index (χ2n) is 3.24. The molecule has 6 nitrogen and oxygen atoms in total. The lowest BCUT2D eigenvalue weighted by molar-refractivity contribution is 0.876. The van der Waals surface area contributed by atoms with Gasteiger partial charge in [0.15, 0.2) is 0 Å². The van der Waals surface area contributed by atoms with Gasteiger partial charge >= 0.3 is 0 Å². The molecule has 0 saturated heterocycles. The Bertz CT molecular complexity index is 436. The summed E-state index contributed by atoms with van der Waals surface area (Å²) >= 11 is 0. The summed E-state index contributed by atoms with van der Waals surface area (Å²) in [5.74, 6) is 0.535. The maximum Gasteiger partial charge on any atom is 0.243 e. The first-order chi connectivity index (χ1) is 7.25. The van der Waals surface area contributed by atoms with E-state index in [0.29, 0.717) is 12.5 Å². The number of nitrogens with one attached hydrogen (secondary N) is 2. The Balaban J connectivity index is 2.02. The zero-order valence-electron chi connectivity index (χ0n) is 8.65. The highest BCUT2D eigenvalue weighted by atomic mass is 15.2. The highest BCUT2D eigenvalue weighted by Gasteiger charge is 2.01. The first-order valence-corrected chi connectivity index (χ1v) is 4.66. The maximum absolute atomic E-state index is 4.25. The molecule has 0 spiro atoms. The van der Waals surface area contributed by atoms with Gasteiger partial charge in [-0.2, -0.15) is 10.2 Å². The molecule has 0 atom stereocenters. The van der Waals surface area contributed by atoms with Crippen LogP contribution in [0.5, 0.6) is 0 Å². The van der Waals surface area contributed by atoms with Crippen molar-refractivity contribution in [2.24, 2.45) is 0 Å². The molecule has 0 aliphatic rings. The van der Waals surface area contributed by atoms with Gasteiger partial charge in [0.25, 0.3) is 0 Å². The van der Waals surface area contributed by atoms with Gasteiger partial charge in [-0.25, -0.2) is 4.98 Å². The minimum Gasteiger partial charge on any atom is -0.347 e. The molecule has 0 bridgehead atoms. The fourth-order valence-corrected chi connectivity index (χ4v) is 1.09. The standard InChI is InChI=1S/C9H12N6/c1-6-7(2)13-15-9(12-6)10-5-8-3-4-11-14-8/h3-4H,5H2,1-2H3,(H,11,14)(H,10,12,15). The minimum absolute atomic E-state index is 0.535. The molecule has 0 aliphatic heterocycles. The van der Waals surface area contributed by atoms with Gasteiger partial charge in [0, 0.05) is 6.20 Å². The summed E-state index contributed by atoms with van der Waals surface area (Å²) in [4.78, 5) is 4.25. The molecule has 6 heteroatoms. The molecular weight excluding hydrogens is 192 g/mol. The van der Waals surface area contributed by atoms with E-state index in [4.69, 9.17) is 0 Å². The van der Waals surface area contributed by atoms with Gasteiger partial charge < -0.3 is 5.32 Å². The van der Waals surface area contributed by atoms with Crippen molar-refractivity contribution in [3.8, 4) is 0 Å². The van der Waals surface area contributed by atoms with Crippen molar-refractivity contribution < 1.29 is 0 Å². The average Bonchev–Trinajstić information content (AvgIpc) is 2.73. The number of aryl methyl sites for hydroxylation is 2. The predicted molar refractivity (Wildman–Crippen MR) is 55.2 cm³/mol. The second-order valence-corrected chi connectivity index (χ2v) is 3.24. The van der Waals surface area contributed by atoms with Crippen LogP contribution in [0.15, 0.2) is 12.3 Å². The Morgan fingerprint density at radius 2 is 2.13 bits per heavy atom. The zero-order valence-corrected chi connectivity index (χ0v) is 8.65. The van der Waals surface area contributed by atoms with Crippen LogP contribution in [0.1, 0.15) is 17.1 Å². The van der Waals surface area contributed by atoms with Crippen molar-refractivity contribution in [3.05, 3.63) is 29.3 Å². The van der Waals surface area contributed by atoms with Gasteiger partial charge in [-0.15, -0.1) is 5.10 Å². The molecule has 2 rings (SSSR count). The van der Waals surface area contributed by atoms with Crippen LogP contribution in [0, 0.1) is 13.8 Å². The molecule has 2 aromatic rings. The van der Waals surface area contributed by atoms with E-state index >= 15 is 0 Å². The van der Waals surface area contributed by atoms with Crippen molar-refractivity contribution in [2.45, 2.75) is 20.4 Å². The molecular formula is C9H12N6. The minimum atomic E-state index is 0.535. The lowest BCUT2D eigenvalue weighted by Gasteiger charge is -2.03. The van der Waals surface area contributed by atoms with Gasteiger partial charge in [0.2, 0.25) is 5.95 Å². The van der Waals surface area contributed by atoms with Crippen LogP contribution in [-0.4, -0.2) is 25.4 Å². The lowest BCUT2D eigenvalue weighted by atomic mass is 10.4. The number of aromatic nitrogens is 5. The number of anilines is 1. The SMILES string of the molecule is Cc1nnc(NCc2ccn[nH]2)nc1C. The van der Waals surface area contributed by atoms with E-state index in [9.17, 15) is 0 Å². The Morgan fingerprint density at radius 3 is 2.80 bits per heavy atom. The van der Waals surface area contributed by atoms with Gasteiger partial charge in [-0.3, -0.25) is 5.10 Å². The van der Waals surface area contributed by atoms with Crippen molar-refractivity contribution in [3.63, 3.8) is 0 Å². The predicted octanol–water partition coefficient (Wildman–Crippen LogP) is 0.824. The van der Waals surface area contributed by atoms with Crippen molar-refractivity contribution >= 4 is 5.95 Å². The normalized spacial score (nSPS) is 10.3. The van der Waals surface area contributed by atoms with Crippen LogP contribution in [0.3, 0.4) is 0 Å². The molecule has 0 aromatic carbocycles. The molecule has 0 fully saturated rings. The van der Waals surface area contributed by atoms with Crippen LogP contribution in [0.25, 0.3) is 0 Å². The van der Waals surface area contributed by atoms with Crippen molar-refractivity contribution in [2.75, 3.05) is 5.32 Å². The summed E-state index contributed by atoms with van der Waals surface area (Å²) in [6, 6.07) is 1.89. The Morgan fingerprint density at radius 1 is 1.27 bits per heavy atom. The van der Waals surface area contributed by atoms with E-state index in [1.165, 1.54) is 0 Å². The van der Waals surface area contributed by atoms with E-state index < -0.39 is 0 Å². The van der Waals surface area contributed by atoms with Gasteiger partial charge in [-0.1, -0.05) is 0 Å². The summed E-state index contributed by atoms with van der Waals surface area (Å²) < 4.78 is 0. The number of hydrogen-bond donors (Lipinski definition) is 2. The molecule has 0 saturated carbocycles. The molecule has 2 N–H and O–H groups in total. The zero-order chi connectivity index (χ0) is 10.7. The van der Waals surface area contributed by atoms with Crippen LogP contribution >= 0.6 is 0 Å². The number of nitrogens with zero attached hydrogens (tertiary/aromatic N) is 4. The Kier molecular flexibility index (Phi) is 2.57. The molecule has 0 radical (unpaired) electrons. The van der Waals surface area contributed by atoms with Crippen LogP contribution in [0.2, 0.25) is 0 Å². The molecule has 0 aliphatic carbocycles. The lowest BCUT2D eigenvalue weighted by Crippen LogP contribution is -2.07. The molecule has 78 valence electrons. The summed E-state index contributed by atoms with van der Waals surface area (Å²) in [6.07, 6.45) is 1.70.